The molecule has 0 fully saturated rings. The number of imide groups is 1. The number of cyclic esters (lactones) is 1. The van der Waals surface area contributed by atoms with Crippen molar-refractivity contribution >= 4 is 70.0 Å². The van der Waals surface area contributed by atoms with E-state index in [1.54, 1.807) is 57.3 Å². The highest BCUT2D eigenvalue weighted by molar-refractivity contribution is 6.15. The van der Waals surface area contributed by atoms with Gasteiger partial charge in [0.15, 0.2) is 5.60 Å². The van der Waals surface area contributed by atoms with E-state index in [-0.39, 0.29) is 83.1 Å². The normalized spacial score (nSPS) is 16.0. The third-order valence-electron chi connectivity index (χ3n) is 17.4. The van der Waals surface area contributed by atoms with Crippen LogP contribution in [0.2, 0.25) is 0 Å². The number of nitrogens with zero attached hydrogens (tertiary/aromatic N) is 3. The zero-order valence-corrected chi connectivity index (χ0v) is 59.7. The number of carbonyl (C=O) groups is 10. The average molecular weight is 1490 g/mol. The highest BCUT2D eigenvalue weighted by atomic mass is 19.1. The van der Waals surface area contributed by atoms with Crippen LogP contribution in [0.3, 0.4) is 0 Å². The Morgan fingerprint density at radius 3 is 1.80 bits per heavy atom. The van der Waals surface area contributed by atoms with E-state index in [4.69, 9.17) is 57.1 Å². The van der Waals surface area contributed by atoms with Gasteiger partial charge in [0.05, 0.1) is 174 Å². The topological polar surface area (TPSA) is 427 Å². The number of halogens is 1. The zero-order valence-electron chi connectivity index (χ0n) is 59.7. The predicted octanol–water partition coefficient (Wildman–Crippen LogP) is -2.03. The van der Waals surface area contributed by atoms with E-state index in [1.165, 1.54) is 10.6 Å². The summed E-state index contributed by atoms with van der Waals surface area (Å²) in [6.45, 7) is 6.77. The summed E-state index contributed by atoms with van der Waals surface area (Å²) in [5.74, 6) is -6.69. The number of aliphatic hydroxyl groups is 1. The second kappa shape index (κ2) is 42.9. The van der Waals surface area contributed by atoms with Gasteiger partial charge in [0, 0.05) is 60.7 Å². The molecular weight excluding hydrogens is 1390 g/mol. The number of fused-ring (bicyclic) bond motifs is 5. The first-order valence-corrected chi connectivity index (χ1v) is 35.1. The van der Waals surface area contributed by atoms with E-state index in [0.29, 0.717) is 150 Å². The van der Waals surface area contributed by atoms with Crippen LogP contribution in [0, 0.1) is 12.7 Å². The first-order valence-electron chi connectivity index (χ1n) is 35.1. The molecule has 4 aliphatic rings. The van der Waals surface area contributed by atoms with Gasteiger partial charge < -0.3 is 104 Å². The third kappa shape index (κ3) is 23.9. The smallest absolute Gasteiger partial charge is 0.343 e. The molecule has 3 aliphatic heterocycles. The number of amides is 9. The maximum atomic E-state index is 15.4. The van der Waals surface area contributed by atoms with Crippen LogP contribution in [-0.2, 0) is 132 Å². The molecule has 0 saturated carbocycles. The van der Waals surface area contributed by atoms with Crippen LogP contribution in [0.15, 0.2) is 59.4 Å². The third-order valence-corrected chi connectivity index (χ3v) is 17.4. The van der Waals surface area contributed by atoms with Crippen LogP contribution in [0.5, 0.6) is 0 Å². The quantitative estimate of drug-likeness (QED) is 0.00877. The van der Waals surface area contributed by atoms with Gasteiger partial charge in [0.2, 0.25) is 41.4 Å². The van der Waals surface area contributed by atoms with Crippen LogP contribution in [0.4, 0.5) is 4.39 Å². The largest absolute Gasteiger partial charge is 0.458 e. The van der Waals surface area contributed by atoms with E-state index in [1.807, 2.05) is 0 Å². The van der Waals surface area contributed by atoms with Crippen molar-refractivity contribution in [2.45, 2.75) is 82.8 Å². The van der Waals surface area contributed by atoms with Gasteiger partial charge in [-0.2, -0.15) is 0 Å². The minimum absolute atomic E-state index is 0.0255. The van der Waals surface area contributed by atoms with Crippen molar-refractivity contribution in [1.82, 2.24) is 57.0 Å². The fraction of sp³-hybridized carbons (Fsp3) is 0.549. The molecule has 4 atom stereocenters. The van der Waals surface area contributed by atoms with Crippen molar-refractivity contribution in [3.8, 4) is 11.4 Å². The van der Waals surface area contributed by atoms with Gasteiger partial charge in [-0.1, -0.05) is 37.3 Å². The number of aromatic nitrogens is 2. The fourth-order valence-electron chi connectivity index (χ4n) is 12.0. The average Bonchev–Trinajstić information content (AvgIpc) is 1.50. The van der Waals surface area contributed by atoms with Crippen molar-refractivity contribution in [1.29, 1.82) is 0 Å². The number of benzene rings is 2. The molecule has 9 N–H and O–H groups in total. The van der Waals surface area contributed by atoms with E-state index < -0.39 is 127 Å². The molecular formula is C71H94FN11O23. The Hall–Kier alpha value is -9.11. The Bertz CT molecular complexity index is 3790. The summed E-state index contributed by atoms with van der Waals surface area (Å²) in [5, 5.41) is 32.9. The number of hydrogen-bond donors (Lipinski definition) is 9. The van der Waals surface area contributed by atoms with Crippen molar-refractivity contribution in [3.05, 3.63) is 110 Å². The van der Waals surface area contributed by atoms with Crippen LogP contribution < -0.4 is 48.1 Å². The second-order valence-electron chi connectivity index (χ2n) is 24.7. The molecule has 2 aromatic heterocycles. The van der Waals surface area contributed by atoms with Gasteiger partial charge in [-0.15, -0.1) is 0 Å². The molecule has 0 spiro atoms. The Morgan fingerprint density at radius 1 is 0.651 bits per heavy atom. The van der Waals surface area contributed by atoms with E-state index in [2.05, 4.69) is 42.5 Å². The summed E-state index contributed by atoms with van der Waals surface area (Å²) in [6, 6.07) is 8.84. The van der Waals surface area contributed by atoms with Crippen LogP contribution in [0.25, 0.3) is 22.3 Å². The zero-order chi connectivity index (χ0) is 75.8. The molecule has 578 valence electrons. The second-order valence-corrected chi connectivity index (χ2v) is 24.7. The lowest BCUT2D eigenvalue weighted by Crippen LogP contribution is -2.54. The molecule has 106 heavy (non-hydrogen) atoms. The van der Waals surface area contributed by atoms with Crippen LogP contribution >= 0.6 is 0 Å². The van der Waals surface area contributed by atoms with Gasteiger partial charge in [0.25, 0.3) is 17.4 Å². The lowest BCUT2D eigenvalue weighted by molar-refractivity contribution is -0.172. The summed E-state index contributed by atoms with van der Waals surface area (Å²) in [6.07, 6.45) is 2.95. The number of rotatable bonds is 50. The fourth-order valence-corrected chi connectivity index (χ4v) is 12.0. The predicted molar refractivity (Wildman–Crippen MR) is 372 cm³/mol. The number of nitrogens with one attached hydrogen (secondary N) is 8. The Kier molecular flexibility index (Phi) is 33.4. The van der Waals surface area contributed by atoms with Crippen molar-refractivity contribution < 1.29 is 110 Å². The molecule has 4 aromatic rings. The number of pyridine rings is 2. The number of likely N-dealkylation sites (N-methyl/N-ethyl adjacent to an activating group) is 1. The summed E-state index contributed by atoms with van der Waals surface area (Å²) >= 11 is 0. The lowest BCUT2D eigenvalue weighted by Gasteiger charge is -2.31. The Labute approximate surface area is 610 Å². The summed E-state index contributed by atoms with van der Waals surface area (Å²) in [4.78, 5) is 147. The molecule has 0 unspecified atom stereocenters. The molecule has 0 bridgehead atoms. The molecule has 1 aliphatic carbocycles. The molecule has 2 aromatic carbocycles. The van der Waals surface area contributed by atoms with E-state index in [0.717, 1.165) is 22.6 Å². The van der Waals surface area contributed by atoms with Crippen molar-refractivity contribution in [2.75, 3.05) is 172 Å². The summed E-state index contributed by atoms with van der Waals surface area (Å²) < 4.78 is 77.0. The maximum Gasteiger partial charge on any atom is 0.343 e. The summed E-state index contributed by atoms with van der Waals surface area (Å²) in [7, 11) is 1.62. The van der Waals surface area contributed by atoms with Gasteiger partial charge in [0.1, 0.15) is 37.8 Å². The molecule has 9 amide bonds. The van der Waals surface area contributed by atoms with Crippen LogP contribution in [-0.4, -0.2) is 263 Å². The first-order chi connectivity index (χ1) is 51.3. The highest BCUT2D eigenvalue weighted by Gasteiger charge is 2.46. The lowest BCUT2D eigenvalue weighted by atomic mass is 9.81. The molecule has 0 saturated heterocycles. The standard InChI is InChI=1S/C71H94FN11O23/c1-4-71(95)50-35-55-66-48(41-82(55)69(93)49(50)42-106-70(71)94)65-52(11-10-47-45(2)51(72)36-53(81-66)64(47)65)79-61(88)43-105-44-78-59(86)39-77-67(91)54(34-46-8-6-5-7-9-46)80-60(87)40-76-58(85)38-75-57(84)14-16-96-18-20-98-22-24-100-26-28-102-30-32-104-33-31-103-29-27-101-25-23-99-21-19-97-17-15-74-68(92)56(37-73-3)83-62(89)12-13-63(83)90/h5-9,12-13,35-36,52,54,56,73,95H,4,10-11,14-34,37-44H2,1-3H3,(H,74,92)(H,75,84)(H,76,85)(H,77,91)(H,78,86)(H,79,88)(H,80,87)/t52-,54-,56-,71-/m0/s1. The minimum Gasteiger partial charge on any atom is -0.458 e. The number of carbonyl (C=O) groups excluding carboxylic acids is 10. The van der Waals surface area contributed by atoms with Gasteiger partial charge in [-0.3, -0.25) is 52.8 Å². The molecule has 5 heterocycles. The van der Waals surface area contributed by atoms with Gasteiger partial charge >= 0.3 is 5.97 Å². The van der Waals surface area contributed by atoms with Crippen molar-refractivity contribution in [3.63, 3.8) is 0 Å². The summed E-state index contributed by atoms with van der Waals surface area (Å²) in [5.41, 5.74) is 1.77. The first kappa shape index (κ1) is 82.5. The van der Waals surface area contributed by atoms with E-state index in [9.17, 15) is 57.8 Å². The molecule has 8 rings (SSSR count). The van der Waals surface area contributed by atoms with Gasteiger partial charge in [-0.05, 0) is 61.6 Å². The monoisotopic (exact) mass is 1490 g/mol. The molecule has 34 nitrogen and oxygen atoms in total. The van der Waals surface area contributed by atoms with Crippen LogP contribution in [0.1, 0.15) is 71.2 Å². The molecule has 35 heteroatoms. The SMILES string of the molecule is CC[C@@]1(O)C(=O)OCc2c1cc1n(c2=O)Cc2c-1nc1cc(F)c(C)c3c1c2[C@@H](NC(=O)COCNC(=O)CNC(=O)[C@H](Cc1ccccc1)NC(=O)CNC(=O)CNC(=O)CCOCCOCCOCCOCCOCCOCCOCCOCCOCCNC(=O)[C@H](CNC)N1C(=O)C=CC1=O)CC3. The number of esters is 1. The maximum absolute atomic E-state index is 15.4. The number of aryl methyl sites for hydroxylation is 1. The minimum atomic E-state index is -2.06. The van der Waals surface area contributed by atoms with Gasteiger partial charge in [-0.25, -0.2) is 14.2 Å². The van der Waals surface area contributed by atoms with Crippen molar-refractivity contribution in [2.24, 2.45) is 0 Å². The Balaban J connectivity index is 0.598. The Morgan fingerprint density at radius 2 is 1.21 bits per heavy atom. The number of hydrogen-bond acceptors (Lipinski definition) is 25. The highest BCUT2D eigenvalue weighted by Crippen LogP contribution is 2.46. The number of ether oxygens (including phenoxy) is 11. The molecule has 0 radical (unpaired) electrons. The van der Waals surface area contributed by atoms with E-state index >= 15 is 4.39 Å².